The third-order valence-electron chi connectivity index (χ3n) is 6.45. The number of nitrogens with zero attached hydrogens (tertiary/aromatic N) is 8. The van der Waals surface area contributed by atoms with Crippen LogP contribution in [0.5, 0.6) is 6.01 Å². The van der Waals surface area contributed by atoms with Gasteiger partial charge < -0.3 is 29.7 Å². The average Bonchev–Trinajstić information content (AvgIpc) is 3.45. The Morgan fingerprint density at radius 2 is 1.71 bits per heavy atom. The molecule has 0 spiro atoms. The number of ether oxygens (including phenoxy) is 2. The molecule has 2 aliphatic heterocycles. The number of anilines is 2. The number of aliphatic carboxylic acids is 1. The van der Waals surface area contributed by atoms with Gasteiger partial charge in [-0.05, 0) is 18.2 Å². The zero-order valence-electron chi connectivity index (χ0n) is 22.4. The molecule has 13 nitrogen and oxygen atoms in total. The molecular formula is C26H28F3N9O4. The SMILES string of the molecule is O=C(O)C(F)(F)F.c1cnc(OCc2cn3c(-c4ccc(N5CCNCC5)nc4)cnc(N4CCOCC4)c3n2)nc1. The number of hydrogen-bond donors (Lipinski definition) is 2. The molecule has 2 aliphatic rings. The van der Waals surface area contributed by atoms with E-state index in [0.717, 1.165) is 73.5 Å². The van der Waals surface area contributed by atoms with Crippen molar-refractivity contribution in [3.05, 3.63) is 54.9 Å². The second-order valence-corrected chi connectivity index (χ2v) is 9.26. The van der Waals surface area contributed by atoms with Crippen molar-refractivity contribution in [1.29, 1.82) is 0 Å². The van der Waals surface area contributed by atoms with Crippen LogP contribution < -0.4 is 19.9 Å². The number of carboxylic acid groups (broad SMARTS) is 1. The van der Waals surface area contributed by atoms with Crippen LogP contribution in [0.2, 0.25) is 0 Å². The van der Waals surface area contributed by atoms with Gasteiger partial charge in [0.05, 0.1) is 30.8 Å². The van der Waals surface area contributed by atoms with E-state index in [4.69, 9.17) is 34.3 Å². The van der Waals surface area contributed by atoms with E-state index in [1.165, 1.54) is 0 Å². The van der Waals surface area contributed by atoms with Crippen LogP contribution in [0, 0.1) is 0 Å². The largest absolute Gasteiger partial charge is 0.490 e. The number of fused-ring (bicyclic) bond motifs is 1. The first kappa shape index (κ1) is 28.9. The summed E-state index contributed by atoms with van der Waals surface area (Å²) < 4.78 is 45.1. The number of imidazole rings is 1. The summed E-state index contributed by atoms with van der Waals surface area (Å²) in [4.78, 5) is 36.1. The van der Waals surface area contributed by atoms with Crippen molar-refractivity contribution in [1.82, 2.24) is 34.6 Å². The maximum atomic E-state index is 10.6. The molecule has 4 aromatic rings. The molecule has 42 heavy (non-hydrogen) atoms. The van der Waals surface area contributed by atoms with Crippen molar-refractivity contribution in [3.8, 4) is 17.3 Å². The normalized spacial score (nSPS) is 15.7. The number of hydrogen-bond acceptors (Lipinski definition) is 11. The summed E-state index contributed by atoms with van der Waals surface area (Å²) in [6.45, 7) is 7.04. The standard InChI is InChI=1S/C24H27N9O2.C2HF3O2/c1-4-26-24(27-5-1)35-17-19-16-33-20(15-29-22(23(33)30-19)32-10-12-34-13-11-32)18-2-3-21(28-14-18)31-8-6-25-7-9-31;3-2(4,5)1(6)7/h1-5,14-16,25H,6-13,17H2;(H,6,7). The Morgan fingerprint density at radius 3 is 2.36 bits per heavy atom. The molecule has 6 heterocycles. The first-order chi connectivity index (χ1) is 20.3. The van der Waals surface area contributed by atoms with Gasteiger partial charge in [0.1, 0.15) is 12.4 Å². The molecule has 4 aromatic heterocycles. The highest BCUT2D eigenvalue weighted by molar-refractivity contribution is 5.73. The fourth-order valence-electron chi connectivity index (χ4n) is 4.41. The number of pyridine rings is 1. The summed E-state index contributed by atoms with van der Waals surface area (Å²) in [7, 11) is 0. The van der Waals surface area contributed by atoms with Crippen LogP contribution in [0.3, 0.4) is 0 Å². The van der Waals surface area contributed by atoms with Gasteiger partial charge >= 0.3 is 18.2 Å². The smallest absolute Gasteiger partial charge is 0.475 e. The van der Waals surface area contributed by atoms with E-state index >= 15 is 0 Å². The van der Waals surface area contributed by atoms with Gasteiger partial charge in [-0.3, -0.25) is 4.40 Å². The lowest BCUT2D eigenvalue weighted by Gasteiger charge is -2.28. The van der Waals surface area contributed by atoms with Crippen LogP contribution in [-0.4, -0.2) is 99.1 Å². The predicted molar refractivity (Wildman–Crippen MR) is 144 cm³/mol. The monoisotopic (exact) mass is 587 g/mol. The minimum absolute atomic E-state index is 0.258. The van der Waals surface area contributed by atoms with E-state index in [-0.39, 0.29) is 6.61 Å². The minimum Gasteiger partial charge on any atom is -0.475 e. The van der Waals surface area contributed by atoms with Crippen LogP contribution in [0.25, 0.3) is 16.9 Å². The van der Waals surface area contributed by atoms with Gasteiger partial charge in [0.2, 0.25) is 0 Å². The van der Waals surface area contributed by atoms with E-state index in [1.807, 2.05) is 18.6 Å². The molecule has 0 aliphatic carbocycles. The number of nitrogens with one attached hydrogen (secondary N) is 1. The van der Waals surface area contributed by atoms with Crippen molar-refractivity contribution in [2.45, 2.75) is 12.8 Å². The van der Waals surface area contributed by atoms with Gasteiger partial charge in [0.25, 0.3) is 0 Å². The number of halogens is 3. The van der Waals surface area contributed by atoms with Crippen molar-refractivity contribution >= 4 is 23.3 Å². The van der Waals surface area contributed by atoms with Gasteiger partial charge in [0.15, 0.2) is 11.5 Å². The highest BCUT2D eigenvalue weighted by Gasteiger charge is 2.38. The second-order valence-electron chi connectivity index (χ2n) is 9.26. The highest BCUT2D eigenvalue weighted by atomic mass is 19.4. The van der Waals surface area contributed by atoms with E-state index in [9.17, 15) is 13.2 Å². The number of aromatic nitrogens is 6. The van der Waals surface area contributed by atoms with Crippen LogP contribution in [-0.2, 0) is 16.1 Å². The summed E-state index contributed by atoms with van der Waals surface area (Å²) in [5.41, 5.74) is 3.45. The van der Waals surface area contributed by atoms with E-state index in [1.54, 1.807) is 18.5 Å². The summed E-state index contributed by atoms with van der Waals surface area (Å²) in [6, 6.07) is 6.26. The molecule has 0 saturated carbocycles. The highest BCUT2D eigenvalue weighted by Crippen LogP contribution is 2.28. The number of carboxylic acids is 1. The van der Waals surface area contributed by atoms with Crippen LogP contribution in [0.1, 0.15) is 5.69 Å². The summed E-state index contributed by atoms with van der Waals surface area (Å²) in [5, 5.41) is 10.5. The molecule has 2 fully saturated rings. The van der Waals surface area contributed by atoms with Gasteiger partial charge in [-0.1, -0.05) is 0 Å². The lowest BCUT2D eigenvalue weighted by molar-refractivity contribution is -0.192. The molecule has 0 radical (unpaired) electrons. The molecule has 222 valence electrons. The molecular weight excluding hydrogens is 559 g/mol. The lowest BCUT2D eigenvalue weighted by atomic mass is 10.2. The Morgan fingerprint density at radius 1 is 1.00 bits per heavy atom. The van der Waals surface area contributed by atoms with Crippen molar-refractivity contribution in [3.63, 3.8) is 0 Å². The number of carbonyl (C=O) groups is 1. The Labute approximate surface area is 238 Å². The summed E-state index contributed by atoms with van der Waals surface area (Å²) in [5.74, 6) is -0.927. The quantitative estimate of drug-likeness (QED) is 0.341. The third-order valence-corrected chi connectivity index (χ3v) is 6.45. The van der Waals surface area contributed by atoms with E-state index in [0.29, 0.717) is 19.2 Å². The maximum absolute atomic E-state index is 10.6. The third kappa shape index (κ3) is 7.01. The minimum atomic E-state index is -5.08. The molecule has 2 N–H and O–H groups in total. The van der Waals surface area contributed by atoms with Crippen LogP contribution in [0.4, 0.5) is 24.8 Å². The Balaban J connectivity index is 0.000000451. The fraction of sp³-hybridized carbons (Fsp3) is 0.385. The molecule has 0 aromatic carbocycles. The molecule has 0 atom stereocenters. The van der Waals surface area contributed by atoms with E-state index in [2.05, 4.69) is 41.6 Å². The van der Waals surface area contributed by atoms with Gasteiger partial charge in [-0.2, -0.15) is 13.2 Å². The predicted octanol–water partition coefficient (Wildman–Crippen LogP) is 2.04. The summed E-state index contributed by atoms with van der Waals surface area (Å²) >= 11 is 0. The maximum Gasteiger partial charge on any atom is 0.490 e. The molecule has 6 rings (SSSR count). The fourth-order valence-corrected chi connectivity index (χ4v) is 4.41. The number of alkyl halides is 3. The van der Waals surface area contributed by atoms with Gasteiger partial charge in [-0.25, -0.2) is 29.7 Å². The molecule has 0 amide bonds. The molecule has 2 saturated heterocycles. The Hall–Kier alpha value is -4.57. The van der Waals surface area contributed by atoms with Gasteiger partial charge in [0, 0.05) is 69.6 Å². The van der Waals surface area contributed by atoms with Gasteiger partial charge in [-0.15, -0.1) is 0 Å². The van der Waals surface area contributed by atoms with Crippen molar-refractivity contribution in [2.24, 2.45) is 0 Å². The molecule has 16 heteroatoms. The first-order valence-corrected chi connectivity index (χ1v) is 13.1. The first-order valence-electron chi connectivity index (χ1n) is 13.1. The van der Waals surface area contributed by atoms with Crippen molar-refractivity contribution < 1.29 is 32.5 Å². The van der Waals surface area contributed by atoms with Crippen LogP contribution >= 0.6 is 0 Å². The van der Waals surface area contributed by atoms with E-state index < -0.39 is 12.1 Å². The van der Waals surface area contributed by atoms with Crippen molar-refractivity contribution in [2.75, 3.05) is 62.3 Å². The Kier molecular flexibility index (Phi) is 8.92. The summed E-state index contributed by atoms with van der Waals surface area (Å²) in [6.07, 6.45) is 4.02. The molecule has 0 unspecified atom stereocenters. The number of rotatable bonds is 6. The zero-order chi connectivity index (χ0) is 29.5. The Bertz CT molecular complexity index is 1470. The topological polar surface area (TPSA) is 143 Å². The second kappa shape index (κ2) is 12.9. The number of morpholine rings is 1. The van der Waals surface area contributed by atoms with Crippen LogP contribution in [0.15, 0.2) is 49.2 Å². The number of piperazine rings is 1. The average molecular weight is 588 g/mol. The zero-order valence-corrected chi connectivity index (χ0v) is 22.4. The lowest BCUT2D eigenvalue weighted by Crippen LogP contribution is -2.43. The molecule has 0 bridgehead atoms.